The van der Waals surface area contributed by atoms with Crippen LogP contribution in [-0.4, -0.2) is 22.4 Å². The summed E-state index contributed by atoms with van der Waals surface area (Å²) < 4.78 is 0. The molecule has 0 bridgehead atoms. The van der Waals surface area contributed by atoms with E-state index < -0.39 is 12.2 Å². The van der Waals surface area contributed by atoms with E-state index in [2.05, 4.69) is 12.5 Å². The standard InChI is InChI=1S/C8H12O2/c1-4-8(10)5-6(2)7(3)9/h1,7-10H,2,5H2,3H3. The highest BCUT2D eigenvalue weighted by Crippen LogP contribution is 2.06. The highest BCUT2D eigenvalue weighted by atomic mass is 16.3. The number of hydrogen-bond acceptors (Lipinski definition) is 2. The van der Waals surface area contributed by atoms with Crippen molar-refractivity contribution in [2.45, 2.75) is 25.6 Å². The van der Waals surface area contributed by atoms with Crippen LogP contribution in [0.3, 0.4) is 0 Å². The van der Waals surface area contributed by atoms with Crippen molar-refractivity contribution in [3.63, 3.8) is 0 Å². The van der Waals surface area contributed by atoms with Gasteiger partial charge in [0.05, 0.1) is 6.10 Å². The molecule has 0 heterocycles. The quantitative estimate of drug-likeness (QED) is 0.437. The minimum atomic E-state index is -0.818. The molecule has 0 aromatic heterocycles. The predicted molar refractivity (Wildman–Crippen MR) is 40.3 cm³/mol. The van der Waals surface area contributed by atoms with E-state index in [1.165, 1.54) is 0 Å². The summed E-state index contributed by atoms with van der Waals surface area (Å²) in [5.74, 6) is 2.13. The van der Waals surface area contributed by atoms with Gasteiger partial charge in [0.1, 0.15) is 6.10 Å². The third-order valence-electron chi connectivity index (χ3n) is 1.24. The lowest BCUT2D eigenvalue weighted by Gasteiger charge is -2.08. The van der Waals surface area contributed by atoms with Gasteiger partial charge in [-0.15, -0.1) is 6.42 Å². The van der Waals surface area contributed by atoms with Crippen LogP contribution in [0.15, 0.2) is 12.2 Å². The molecule has 0 spiro atoms. The molecule has 2 N–H and O–H groups in total. The molecule has 2 unspecified atom stereocenters. The van der Waals surface area contributed by atoms with E-state index in [0.29, 0.717) is 5.57 Å². The van der Waals surface area contributed by atoms with Crippen LogP contribution < -0.4 is 0 Å². The maximum atomic E-state index is 8.89. The molecule has 0 saturated heterocycles. The van der Waals surface area contributed by atoms with Gasteiger partial charge >= 0.3 is 0 Å². The number of aliphatic hydroxyl groups is 2. The van der Waals surface area contributed by atoms with E-state index in [0.717, 1.165) is 0 Å². The third-order valence-corrected chi connectivity index (χ3v) is 1.24. The lowest BCUT2D eigenvalue weighted by atomic mass is 10.1. The monoisotopic (exact) mass is 140 g/mol. The van der Waals surface area contributed by atoms with Crippen molar-refractivity contribution in [1.82, 2.24) is 0 Å². The Hall–Kier alpha value is -0.780. The van der Waals surface area contributed by atoms with Gasteiger partial charge in [-0.1, -0.05) is 12.5 Å². The van der Waals surface area contributed by atoms with E-state index >= 15 is 0 Å². The van der Waals surface area contributed by atoms with Crippen LogP contribution >= 0.6 is 0 Å². The maximum Gasteiger partial charge on any atom is 0.118 e. The van der Waals surface area contributed by atoms with Crippen molar-refractivity contribution in [3.05, 3.63) is 12.2 Å². The van der Waals surface area contributed by atoms with Gasteiger partial charge in [-0.2, -0.15) is 0 Å². The maximum absolute atomic E-state index is 8.89. The van der Waals surface area contributed by atoms with E-state index in [1.807, 2.05) is 0 Å². The second-order valence-corrected chi connectivity index (χ2v) is 2.22. The zero-order chi connectivity index (χ0) is 8.15. The van der Waals surface area contributed by atoms with Gasteiger partial charge < -0.3 is 10.2 Å². The number of hydrogen-bond donors (Lipinski definition) is 2. The van der Waals surface area contributed by atoms with Crippen molar-refractivity contribution < 1.29 is 10.2 Å². The molecular formula is C8H12O2. The summed E-state index contributed by atoms with van der Waals surface area (Å²) in [4.78, 5) is 0. The van der Waals surface area contributed by atoms with Crippen LogP contribution in [-0.2, 0) is 0 Å². The van der Waals surface area contributed by atoms with Crippen LogP contribution in [0.1, 0.15) is 13.3 Å². The SMILES string of the molecule is C#CC(O)CC(=C)C(C)O. The molecule has 2 atom stereocenters. The lowest BCUT2D eigenvalue weighted by molar-refractivity contribution is 0.195. The van der Waals surface area contributed by atoms with Crippen molar-refractivity contribution in [3.8, 4) is 12.3 Å². The number of rotatable bonds is 3. The Morgan fingerprint density at radius 1 is 1.70 bits per heavy atom. The fraction of sp³-hybridized carbons (Fsp3) is 0.500. The lowest BCUT2D eigenvalue weighted by Crippen LogP contribution is -2.11. The Labute approximate surface area is 61.2 Å². The van der Waals surface area contributed by atoms with Gasteiger partial charge in [0.25, 0.3) is 0 Å². The third kappa shape index (κ3) is 3.29. The Balaban J connectivity index is 3.71. The zero-order valence-electron chi connectivity index (χ0n) is 6.04. The summed E-state index contributed by atoms with van der Waals surface area (Å²) in [7, 11) is 0. The summed E-state index contributed by atoms with van der Waals surface area (Å²) >= 11 is 0. The summed E-state index contributed by atoms with van der Waals surface area (Å²) in [6, 6.07) is 0. The molecule has 0 aliphatic heterocycles. The Bertz CT molecular complexity index is 153. The molecule has 2 nitrogen and oxygen atoms in total. The molecule has 0 saturated carbocycles. The molecule has 0 radical (unpaired) electrons. The molecule has 0 amide bonds. The molecule has 0 aliphatic rings. The highest BCUT2D eigenvalue weighted by Gasteiger charge is 2.06. The van der Waals surface area contributed by atoms with Gasteiger partial charge in [-0.3, -0.25) is 0 Å². The van der Waals surface area contributed by atoms with Crippen LogP contribution in [0.4, 0.5) is 0 Å². The second kappa shape index (κ2) is 4.10. The van der Waals surface area contributed by atoms with Gasteiger partial charge in [0.2, 0.25) is 0 Å². The Kier molecular flexibility index (Phi) is 3.78. The first kappa shape index (κ1) is 9.22. The van der Waals surface area contributed by atoms with E-state index in [1.54, 1.807) is 6.92 Å². The minimum absolute atomic E-state index is 0.272. The Morgan fingerprint density at radius 2 is 2.20 bits per heavy atom. The number of terminal acetylenes is 1. The summed E-state index contributed by atoms with van der Waals surface area (Å²) in [5, 5.41) is 17.8. The zero-order valence-corrected chi connectivity index (χ0v) is 6.04. The topological polar surface area (TPSA) is 40.5 Å². The predicted octanol–water partition coefficient (Wildman–Crippen LogP) is 0.308. The highest BCUT2D eigenvalue weighted by molar-refractivity contribution is 5.07. The molecule has 10 heavy (non-hydrogen) atoms. The fourth-order valence-corrected chi connectivity index (χ4v) is 0.478. The van der Waals surface area contributed by atoms with Gasteiger partial charge in [-0.05, 0) is 12.5 Å². The van der Waals surface area contributed by atoms with Gasteiger partial charge in [0, 0.05) is 6.42 Å². The summed E-state index contributed by atoms with van der Waals surface area (Å²) in [5.41, 5.74) is 0.561. The molecule has 0 fully saturated rings. The van der Waals surface area contributed by atoms with Crippen molar-refractivity contribution in [2.75, 3.05) is 0 Å². The van der Waals surface area contributed by atoms with Crippen molar-refractivity contribution >= 4 is 0 Å². The fourth-order valence-electron chi connectivity index (χ4n) is 0.478. The molecule has 0 aromatic rings. The van der Waals surface area contributed by atoms with Crippen LogP contribution in [0, 0.1) is 12.3 Å². The van der Waals surface area contributed by atoms with E-state index in [9.17, 15) is 0 Å². The molecular weight excluding hydrogens is 128 g/mol. The number of aliphatic hydroxyl groups excluding tert-OH is 2. The van der Waals surface area contributed by atoms with Crippen LogP contribution in [0.5, 0.6) is 0 Å². The van der Waals surface area contributed by atoms with Crippen LogP contribution in [0.2, 0.25) is 0 Å². The molecule has 0 rings (SSSR count). The van der Waals surface area contributed by atoms with Gasteiger partial charge in [0.15, 0.2) is 0 Å². The normalized spacial score (nSPS) is 15.4. The average molecular weight is 140 g/mol. The summed E-state index contributed by atoms with van der Waals surface area (Å²) in [6.45, 7) is 5.13. The summed E-state index contributed by atoms with van der Waals surface area (Å²) in [6.07, 6.45) is 3.76. The van der Waals surface area contributed by atoms with Crippen LogP contribution in [0.25, 0.3) is 0 Å². The van der Waals surface area contributed by atoms with E-state index in [-0.39, 0.29) is 6.42 Å². The average Bonchev–Trinajstić information content (AvgIpc) is 1.87. The van der Waals surface area contributed by atoms with Gasteiger partial charge in [-0.25, -0.2) is 0 Å². The molecule has 56 valence electrons. The first-order valence-electron chi connectivity index (χ1n) is 3.08. The molecule has 2 heteroatoms. The largest absolute Gasteiger partial charge is 0.389 e. The Morgan fingerprint density at radius 3 is 2.50 bits per heavy atom. The molecule has 0 aliphatic carbocycles. The first-order valence-corrected chi connectivity index (χ1v) is 3.08. The second-order valence-electron chi connectivity index (χ2n) is 2.22. The minimum Gasteiger partial charge on any atom is -0.389 e. The molecule has 0 aromatic carbocycles. The van der Waals surface area contributed by atoms with Crippen molar-refractivity contribution in [2.24, 2.45) is 0 Å². The van der Waals surface area contributed by atoms with E-state index in [4.69, 9.17) is 16.6 Å². The first-order chi connectivity index (χ1) is 4.57. The van der Waals surface area contributed by atoms with Crippen molar-refractivity contribution in [1.29, 1.82) is 0 Å². The smallest absolute Gasteiger partial charge is 0.118 e.